The Labute approximate surface area is 147 Å². The van der Waals surface area contributed by atoms with Gasteiger partial charge in [-0.3, -0.25) is 4.79 Å². The molecule has 5 nitrogen and oxygen atoms in total. The van der Waals surface area contributed by atoms with Gasteiger partial charge >= 0.3 is 0 Å². The van der Waals surface area contributed by atoms with Gasteiger partial charge in [0.05, 0.1) is 9.77 Å². The SMILES string of the molecule is O=C(Nc1cccc(Br)c1)c1cc(S(=O)(=O)N2CCCC2)cs1. The Morgan fingerprint density at radius 2 is 1.96 bits per heavy atom. The number of carbonyl (C=O) groups excluding carboxylic acids is 1. The summed E-state index contributed by atoms with van der Waals surface area (Å²) >= 11 is 4.48. The van der Waals surface area contributed by atoms with Crippen molar-refractivity contribution in [2.75, 3.05) is 18.4 Å². The zero-order chi connectivity index (χ0) is 16.4. The van der Waals surface area contributed by atoms with Crippen LogP contribution < -0.4 is 5.32 Å². The second-order valence-corrected chi connectivity index (χ2v) is 8.99. The van der Waals surface area contributed by atoms with Crippen molar-refractivity contribution in [1.82, 2.24) is 4.31 Å². The molecular formula is C15H15BrN2O3S2. The summed E-state index contributed by atoms with van der Waals surface area (Å²) in [7, 11) is -3.47. The van der Waals surface area contributed by atoms with Crippen molar-refractivity contribution >= 4 is 48.9 Å². The highest BCUT2D eigenvalue weighted by Crippen LogP contribution is 2.26. The molecule has 1 aromatic carbocycles. The minimum absolute atomic E-state index is 0.198. The lowest BCUT2D eigenvalue weighted by atomic mass is 10.3. The van der Waals surface area contributed by atoms with Crippen molar-refractivity contribution < 1.29 is 13.2 Å². The molecule has 1 aliphatic rings. The van der Waals surface area contributed by atoms with Gasteiger partial charge in [0.1, 0.15) is 0 Å². The molecule has 122 valence electrons. The fraction of sp³-hybridized carbons (Fsp3) is 0.267. The summed E-state index contributed by atoms with van der Waals surface area (Å²) < 4.78 is 27.3. The molecule has 1 aromatic heterocycles. The van der Waals surface area contributed by atoms with Crippen LogP contribution in [0.2, 0.25) is 0 Å². The molecule has 0 aliphatic carbocycles. The average Bonchev–Trinajstić information content (AvgIpc) is 3.19. The zero-order valence-electron chi connectivity index (χ0n) is 12.2. The Kier molecular flexibility index (Phi) is 4.86. The molecule has 0 saturated carbocycles. The third-order valence-corrected chi connectivity index (χ3v) is 7.03. The molecule has 1 N–H and O–H groups in total. The Hall–Kier alpha value is -1.22. The van der Waals surface area contributed by atoms with Crippen LogP contribution in [0, 0.1) is 0 Å². The van der Waals surface area contributed by atoms with Gasteiger partial charge in [0.15, 0.2) is 0 Å². The fourth-order valence-electron chi connectivity index (χ4n) is 2.41. The van der Waals surface area contributed by atoms with Gasteiger partial charge in [-0.15, -0.1) is 11.3 Å². The third kappa shape index (κ3) is 3.65. The molecule has 3 rings (SSSR count). The van der Waals surface area contributed by atoms with Gasteiger partial charge in [0.25, 0.3) is 5.91 Å². The summed E-state index contributed by atoms with van der Waals surface area (Å²) in [6.45, 7) is 1.11. The van der Waals surface area contributed by atoms with Gasteiger partial charge in [0.2, 0.25) is 10.0 Å². The van der Waals surface area contributed by atoms with Crippen LogP contribution in [0.15, 0.2) is 45.1 Å². The first-order valence-electron chi connectivity index (χ1n) is 7.12. The summed E-state index contributed by atoms with van der Waals surface area (Å²) in [5.74, 6) is -0.309. The van der Waals surface area contributed by atoms with Gasteiger partial charge < -0.3 is 5.32 Å². The van der Waals surface area contributed by atoms with E-state index in [0.29, 0.717) is 23.7 Å². The number of anilines is 1. The Morgan fingerprint density at radius 1 is 1.22 bits per heavy atom. The number of sulfonamides is 1. The predicted molar refractivity (Wildman–Crippen MR) is 94.4 cm³/mol. The van der Waals surface area contributed by atoms with Gasteiger partial charge in [-0.05, 0) is 37.1 Å². The number of rotatable bonds is 4. The van der Waals surface area contributed by atoms with Gasteiger partial charge in [0, 0.05) is 28.6 Å². The average molecular weight is 415 g/mol. The number of thiophene rings is 1. The highest BCUT2D eigenvalue weighted by molar-refractivity contribution is 9.10. The summed E-state index contributed by atoms with van der Waals surface area (Å²) in [4.78, 5) is 12.8. The fourth-order valence-corrected chi connectivity index (χ4v) is 5.48. The quantitative estimate of drug-likeness (QED) is 0.831. The van der Waals surface area contributed by atoms with Crippen molar-refractivity contribution in [3.8, 4) is 0 Å². The maximum Gasteiger partial charge on any atom is 0.265 e. The second-order valence-electron chi connectivity index (χ2n) is 5.22. The summed E-state index contributed by atoms with van der Waals surface area (Å²) in [6.07, 6.45) is 1.78. The Bertz CT molecular complexity index is 827. The molecule has 1 amide bonds. The van der Waals surface area contributed by atoms with Crippen LogP contribution in [0.4, 0.5) is 5.69 Å². The molecule has 0 atom stereocenters. The van der Waals surface area contributed by atoms with E-state index in [0.717, 1.165) is 28.7 Å². The summed E-state index contributed by atoms with van der Waals surface area (Å²) in [5.41, 5.74) is 0.654. The number of hydrogen-bond donors (Lipinski definition) is 1. The molecule has 0 unspecified atom stereocenters. The predicted octanol–water partition coefficient (Wildman–Crippen LogP) is 3.55. The van der Waals surface area contributed by atoms with E-state index in [-0.39, 0.29) is 10.8 Å². The molecule has 8 heteroatoms. The number of amides is 1. The number of hydrogen-bond acceptors (Lipinski definition) is 4. The molecule has 2 aromatic rings. The van der Waals surface area contributed by atoms with Crippen LogP contribution in [0.5, 0.6) is 0 Å². The minimum Gasteiger partial charge on any atom is -0.321 e. The van der Waals surface area contributed by atoms with Crippen molar-refractivity contribution in [2.45, 2.75) is 17.7 Å². The van der Waals surface area contributed by atoms with Crippen LogP contribution in [0.1, 0.15) is 22.5 Å². The van der Waals surface area contributed by atoms with Crippen LogP contribution >= 0.6 is 27.3 Å². The van der Waals surface area contributed by atoms with E-state index >= 15 is 0 Å². The molecule has 0 radical (unpaired) electrons. The van der Waals surface area contributed by atoms with E-state index in [2.05, 4.69) is 21.2 Å². The molecule has 2 heterocycles. The highest BCUT2D eigenvalue weighted by Gasteiger charge is 2.28. The molecule has 0 spiro atoms. The second kappa shape index (κ2) is 6.72. The largest absolute Gasteiger partial charge is 0.321 e. The van der Waals surface area contributed by atoms with Crippen LogP contribution in [0.25, 0.3) is 0 Å². The molecule has 23 heavy (non-hydrogen) atoms. The van der Waals surface area contributed by atoms with Crippen LogP contribution in [-0.4, -0.2) is 31.7 Å². The number of nitrogens with zero attached hydrogens (tertiary/aromatic N) is 1. The Balaban J connectivity index is 1.77. The van der Waals surface area contributed by atoms with Gasteiger partial charge in [-0.2, -0.15) is 4.31 Å². The van der Waals surface area contributed by atoms with E-state index in [1.165, 1.54) is 15.8 Å². The highest BCUT2D eigenvalue weighted by atomic mass is 79.9. The minimum atomic E-state index is -3.47. The molecule has 1 aliphatic heterocycles. The van der Waals surface area contributed by atoms with E-state index in [1.54, 1.807) is 12.1 Å². The lowest BCUT2D eigenvalue weighted by Crippen LogP contribution is -2.27. The van der Waals surface area contributed by atoms with Crippen molar-refractivity contribution in [1.29, 1.82) is 0 Å². The number of nitrogens with one attached hydrogen (secondary N) is 1. The number of halogens is 1. The van der Waals surface area contributed by atoms with Crippen molar-refractivity contribution in [3.05, 3.63) is 45.1 Å². The molecule has 1 fully saturated rings. The maximum absolute atomic E-state index is 12.5. The molecule has 0 bridgehead atoms. The van der Waals surface area contributed by atoms with E-state index < -0.39 is 10.0 Å². The van der Waals surface area contributed by atoms with Gasteiger partial charge in [-0.1, -0.05) is 22.0 Å². The normalized spacial score (nSPS) is 15.7. The van der Waals surface area contributed by atoms with Gasteiger partial charge in [-0.25, -0.2) is 8.42 Å². The maximum atomic E-state index is 12.5. The lowest BCUT2D eigenvalue weighted by molar-refractivity contribution is 0.103. The summed E-state index contributed by atoms with van der Waals surface area (Å²) in [6, 6.07) is 8.69. The standard InChI is InChI=1S/C15H15BrN2O3S2/c16-11-4-3-5-12(8-11)17-15(19)14-9-13(10-22-14)23(20,21)18-6-1-2-7-18/h3-5,8-10H,1-2,6-7H2,(H,17,19). The lowest BCUT2D eigenvalue weighted by Gasteiger charge is -2.13. The summed E-state index contributed by atoms with van der Waals surface area (Å²) in [5, 5.41) is 4.30. The van der Waals surface area contributed by atoms with Crippen molar-refractivity contribution in [2.24, 2.45) is 0 Å². The smallest absolute Gasteiger partial charge is 0.265 e. The van der Waals surface area contributed by atoms with E-state index in [1.807, 2.05) is 12.1 Å². The first-order valence-corrected chi connectivity index (χ1v) is 10.2. The van der Waals surface area contributed by atoms with E-state index in [4.69, 9.17) is 0 Å². The number of carbonyl (C=O) groups is 1. The topological polar surface area (TPSA) is 66.5 Å². The molecule has 1 saturated heterocycles. The number of benzene rings is 1. The third-order valence-electron chi connectivity index (χ3n) is 3.58. The van der Waals surface area contributed by atoms with Crippen molar-refractivity contribution in [3.63, 3.8) is 0 Å². The molecular weight excluding hydrogens is 400 g/mol. The zero-order valence-corrected chi connectivity index (χ0v) is 15.4. The van der Waals surface area contributed by atoms with Crippen LogP contribution in [-0.2, 0) is 10.0 Å². The first-order chi connectivity index (χ1) is 11.0. The first kappa shape index (κ1) is 16.6. The monoisotopic (exact) mass is 414 g/mol. The Morgan fingerprint density at radius 3 is 2.65 bits per heavy atom. The van der Waals surface area contributed by atoms with E-state index in [9.17, 15) is 13.2 Å². The van der Waals surface area contributed by atoms with Crippen LogP contribution in [0.3, 0.4) is 0 Å².